The monoisotopic (exact) mass is 338 g/mol. The zero-order valence-corrected chi connectivity index (χ0v) is 14.2. The van der Waals surface area contributed by atoms with Gasteiger partial charge in [0.05, 0.1) is 32.4 Å². The van der Waals surface area contributed by atoms with Gasteiger partial charge in [-0.25, -0.2) is 4.98 Å². The van der Waals surface area contributed by atoms with E-state index in [4.69, 9.17) is 14.2 Å². The van der Waals surface area contributed by atoms with Crippen LogP contribution in [0.1, 0.15) is 11.3 Å². The Bertz CT molecular complexity index is 992. The Morgan fingerprint density at radius 2 is 1.60 bits per heavy atom. The van der Waals surface area contributed by atoms with Crippen molar-refractivity contribution < 1.29 is 14.2 Å². The van der Waals surface area contributed by atoms with Crippen LogP contribution in [-0.2, 0) is 0 Å². The number of fused-ring (bicyclic) bond motifs is 1. The normalized spacial score (nSPS) is 11.0. The number of hydrogen-bond acceptors (Lipinski definition) is 5. The van der Waals surface area contributed by atoms with E-state index in [2.05, 4.69) is 9.97 Å². The van der Waals surface area contributed by atoms with Crippen molar-refractivity contribution in [3.63, 3.8) is 0 Å². The maximum atomic E-state index is 12.2. The summed E-state index contributed by atoms with van der Waals surface area (Å²) in [4.78, 5) is 19.4. The molecular formula is C19H18N2O4. The molecule has 128 valence electrons. The molecule has 0 saturated heterocycles. The van der Waals surface area contributed by atoms with Gasteiger partial charge in [0.25, 0.3) is 5.56 Å². The molecular weight excluding hydrogens is 320 g/mol. The van der Waals surface area contributed by atoms with Crippen LogP contribution < -0.4 is 19.8 Å². The molecule has 2 aromatic carbocycles. The zero-order valence-electron chi connectivity index (χ0n) is 14.2. The van der Waals surface area contributed by atoms with Crippen molar-refractivity contribution in [2.75, 3.05) is 21.3 Å². The van der Waals surface area contributed by atoms with Crippen molar-refractivity contribution in [1.29, 1.82) is 0 Å². The van der Waals surface area contributed by atoms with E-state index in [1.807, 2.05) is 24.3 Å². The first-order valence-electron chi connectivity index (χ1n) is 7.63. The lowest BCUT2D eigenvalue weighted by molar-refractivity contribution is 0.348. The van der Waals surface area contributed by atoms with Gasteiger partial charge in [-0.2, -0.15) is 0 Å². The molecule has 0 atom stereocenters. The Morgan fingerprint density at radius 3 is 2.32 bits per heavy atom. The van der Waals surface area contributed by atoms with Crippen LogP contribution in [0, 0.1) is 0 Å². The lowest BCUT2D eigenvalue weighted by Gasteiger charge is -2.12. The molecule has 6 nitrogen and oxygen atoms in total. The smallest absolute Gasteiger partial charge is 0.274 e. The fourth-order valence-corrected chi connectivity index (χ4v) is 2.51. The van der Waals surface area contributed by atoms with Crippen molar-refractivity contribution in [1.82, 2.24) is 9.97 Å². The molecule has 1 aromatic heterocycles. The molecule has 0 unspecified atom stereocenters. The minimum atomic E-state index is -0.255. The van der Waals surface area contributed by atoms with Crippen molar-refractivity contribution in [3.05, 3.63) is 58.0 Å². The number of aromatic amines is 1. The van der Waals surface area contributed by atoms with Gasteiger partial charge >= 0.3 is 0 Å². The number of methoxy groups -OCH3 is 3. The summed E-state index contributed by atoms with van der Waals surface area (Å²) in [5.41, 5.74) is 2.23. The second-order valence-corrected chi connectivity index (χ2v) is 5.25. The van der Waals surface area contributed by atoms with Crippen molar-refractivity contribution in [3.8, 4) is 17.2 Å². The Kier molecular flexibility index (Phi) is 4.70. The Morgan fingerprint density at radius 1 is 0.920 bits per heavy atom. The van der Waals surface area contributed by atoms with Gasteiger partial charge in [0.15, 0.2) is 11.5 Å². The standard InChI is InChI=1S/C19H18N2O4/c1-23-16-11-18(25-3)17(24-2)10-12(16)8-9-15-19(22)21-14-7-5-4-6-13(14)20-15/h4-11H,1-3H3,(H,21,22)/b9-8+. The highest BCUT2D eigenvalue weighted by Gasteiger charge is 2.10. The van der Waals surface area contributed by atoms with E-state index in [9.17, 15) is 4.79 Å². The quantitative estimate of drug-likeness (QED) is 0.774. The van der Waals surface area contributed by atoms with Gasteiger partial charge in [-0.05, 0) is 30.4 Å². The number of H-pyrrole nitrogens is 1. The lowest BCUT2D eigenvalue weighted by Crippen LogP contribution is -2.11. The fourth-order valence-electron chi connectivity index (χ4n) is 2.51. The van der Waals surface area contributed by atoms with E-state index in [1.165, 1.54) is 0 Å². The summed E-state index contributed by atoms with van der Waals surface area (Å²) < 4.78 is 16.0. The van der Waals surface area contributed by atoms with Crippen LogP contribution in [0.2, 0.25) is 0 Å². The van der Waals surface area contributed by atoms with Crippen LogP contribution in [0.25, 0.3) is 23.2 Å². The van der Waals surface area contributed by atoms with E-state index >= 15 is 0 Å². The first-order valence-corrected chi connectivity index (χ1v) is 7.63. The topological polar surface area (TPSA) is 73.4 Å². The van der Waals surface area contributed by atoms with Crippen LogP contribution in [0.5, 0.6) is 17.2 Å². The number of hydrogen-bond donors (Lipinski definition) is 1. The molecule has 3 rings (SSSR count). The average Bonchev–Trinajstić information content (AvgIpc) is 2.65. The minimum Gasteiger partial charge on any atom is -0.496 e. The number of nitrogens with one attached hydrogen (secondary N) is 1. The highest BCUT2D eigenvalue weighted by atomic mass is 16.5. The van der Waals surface area contributed by atoms with Crippen LogP contribution in [-0.4, -0.2) is 31.3 Å². The molecule has 25 heavy (non-hydrogen) atoms. The predicted molar refractivity (Wildman–Crippen MR) is 97.4 cm³/mol. The molecule has 0 fully saturated rings. The van der Waals surface area contributed by atoms with Crippen LogP contribution in [0.15, 0.2) is 41.2 Å². The number of rotatable bonds is 5. The summed E-state index contributed by atoms with van der Waals surface area (Å²) in [5, 5.41) is 0. The van der Waals surface area contributed by atoms with Gasteiger partial charge in [-0.3, -0.25) is 4.79 Å². The number of nitrogens with zero attached hydrogens (tertiary/aromatic N) is 1. The molecule has 0 saturated carbocycles. The van der Waals surface area contributed by atoms with E-state index in [0.29, 0.717) is 28.5 Å². The highest BCUT2D eigenvalue weighted by Crippen LogP contribution is 2.35. The van der Waals surface area contributed by atoms with Crippen molar-refractivity contribution in [2.24, 2.45) is 0 Å². The first kappa shape index (κ1) is 16.6. The van der Waals surface area contributed by atoms with Gasteiger partial charge < -0.3 is 19.2 Å². The molecule has 0 amide bonds. The zero-order chi connectivity index (χ0) is 17.8. The maximum Gasteiger partial charge on any atom is 0.274 e. The third-order valence-corrected chi connectivity index (χ3v) is 3.78. The van der Waals surface area contributed by atoms with Crippen LogP contribution >= 0.6 is 0 Å². The fraction of sp³-hybridized carbons (Fsp3) is 0.158. The second kappa shape index (κ2) is 7.09. The predicted octanol–water partition coefficient (Wildman–Crippen LogP) is 3.12. The van der Waals surface area contributed by atoms with Crippen LogP contribution in [0.4, 0.5) is 0 Å². The lowest BCUT2D eigenvalue weighted by atomic mass is 10.1. The molecule has 1 heterocycles. The summed E-state index contributed by atoms with van der Waals surface area (Å²) in [6.07, 6.45) is 3.40. The van der Waals surface area contributed by atoms with Crippen molar-refractivity contribution in [2.45, 2.75) is 0 Å². The highest BCUT2D eigenvalue weighted by molar-refractivity contribution is 5.78. The van der Waals surface area contributed by atoms with Crippen LogP contribution in [0.3, 0.4) is 0 Å². The van der Waals surface area contributed by atoms with E-state index in [1.54, 1.807) is 45.6 Å². The van der Waals surface area contributed by atoms with Gasteiger partial charge in [-0.1, -0.05) is 12.1 Å². The molecule has 0 aliphatic rings. The molecule has 6 heteroatoms. The number of aromatic nitrogens is 2. The van der Waals surface area contributed by atoms with Gasteiger partial charge in [0, 0.05) is 11.6 Å². The summed E-state index contributed by atoms with van der Waals surface area (Å²) in [5.74, 6) is 1.74. The largest absolute Gasteiger partial charge is 0.496 e. The average molecular weight is 338 g/mol. The third-order valence-electron chi connectivity index (χ3n) is 3.78. The minimum absolute atomic E-state index is 0.255. The Balaban J connectivity index is 2.04. The number of para-hydroxylation sites is 2. The van der Waals surface area contributed by atoms with Gasteiger partial charge in [0.1, 0.15) is 11.4 Å². The SMILES string of the molecule is COc1cc(OC)c(OC)cc1/C=C/c1nc2ccccc2[nH]c1=O. The second-order valence-electron chi connectivity index (χ2n) is 5.25. The maximum absolute atomic E-state index is 12.2. The molecule has 0 aliphatic carbocycles. The van der Waals surface area contributed by atoms with Gasteiger partial charge in [-0.15, -0.1) is 0 Å². The summed E-state index contributed by atoms with van der Waals surface area (Å²) in [6.45, 7) is 0. The molecule has 1 N–H and O–H groups in total. The molecule has 0 bridgehead atoms. The number of benzene rings is 2. The molecule has 0 radical (unpaired) electrons. The van der Waals surface area contributed by atoms with E-state index in [0.717, 1.165) is 11.1 Å². The Labute approximate surface area is 144 Å². The molecule has 3 aromatic rings. The van der Waals surface area contributed by atoms with E-state index < -0.39 is 0 Å². The van der Waals surface area contributed by atoms with Gasteiger partial charge in [0.2, 0.25) is 0 Å². The molecule has 0 aliphatic heterocycles. The first-order chi connectivity index (χ1) is 12.2. The van der Waals surface area contributed by atoms with Crippen molar-refractivity contribution >= 4 is 23.2 Å². The Hall–Kier alpha value is -3.28. The van der Waals surface area contributed by atoms with E-state index in [-0.39, 0.29) is 5.56 Å². The summed E-state index contributed by atoms with van der Waals surface area (Å²) >= 11 is 0. The third kappa shape index (κ3) is 3.33. The molecule has 0 spiro atoms. The number of ether oxygens (including phenoxy) is 3. The summed E-state index contributed by atoms with van der Waals surface area (Å²) in [6, 6.07) is 10.9. The summed E-state index contributed by atoms with van der Waals surface area (Å²) in [7, 11) is 4.69.